The Morgan fingerprint density at radius 1 is 1.23 bits per heavy atom. The average molecular weight is 388 g/mol. The number of carbonyl (C=O) groups excluding carboxylic acids is 1. The Morgan fingerprint density at radius 3 is 2.58 bits per heavy atom. The Morgan fingerprint density at radius 2 is 1.96 bits per heavy atom. The van der Waals surface area contributed by atoms with E-state index < -0.39 is 10.0 Å². The lowest BCUT2D eigenvalue weighted by Crippen LogP contribution is -2.47. The lowest BCUT2D eigenvalue weighted by molar-refractivity contribution is -0.119. The number of primary amides is 1. The standard InChI is InChI=1S/C17H33N5O3S/c1-2-19-17(22-9-4-7-15(13-22)11-16(18)23)20-8-10-26(24,25)21-12-14-5-3-6-14/h14-15,21H,2-13H2,1H3,(H2,18,23)(H,19,20). The minimum absolute atomic E-state index is 0.00678. The van der Waals surface area contributed by atoms with E-state index in [1.54, 1.807) is 0 Å². The number of nitrogens with zero attached hydrogens (tertiary/aromatic N) is 2. The van der Waals surface area contributed by atoms with Crippen molar-refractivity contribution in [2.45, 2.75) is 45.4 Å². The third-order valence-corrected chi connectivity index (χ3v) is 6.41. The van der Waals surface area contributed by atoms with Gasteiger partial charge in [0.15, 0.2) is 5.96 Å². The zero-order chi connectivity index (χ0) is 19.0. The van der Waals surface area contributed by atoms with Crippen molar-refractivity contribution < 1.29 is 13.2 Å². The van der Waals surface area contributed by atoms with Gasteiger partial charge in [-0.3, -0.25) is 9.79 Å². The van der Waals surface area contributed by atoms with Crippen LogP contribution >= 0.6 is 0 Å². The summed E-state index contributed by atoms with van der Waals surface area (Å²) in [4.78, 5) is 17.8. The van der Waals surface area contributed by atoms with Crippen molar-refractivity contribution in [2.75, 3.05) is 38.5 Å². The number of sulfonamides is 1. The summed E-state index contributed by atoms with van der Waals surface area (Å²) in [5.41, 5.74) is 5.32. The first-order valence-electron chi connectivity index (χ1n) is 9.68. The van der Waals surface area contributed by atoms with Crippen LogP contribution in [0.15, 0.2) is 4.99 Å². The predicted octanol–water partition coefficient (Wildman–Crippen LogP) is 0.259. The summed E-state index contributed by atoms with van der Waals surface area (Å²) in [6.45, 7) is 5.04. The van der Waals surface area contributed by atoms with Crippen LogP contribution in [0.25, 0.3) is 0 Å². The minimum Gasteiger partial charge on any atom is -0.370 e. The summed E-state index contributed by atoms with van der Waals surface area (Å²) in [6.07, 6.45) is 5.78. The van der Waals surface area contributed by atoms with Crippen molar-refractivity contribution in [2.24, 2.45) is 22.6 Å². The van der Waals surface area contributed by atoms with Crippen LogP contribution in [0.3, 0.4) is 0 Å². The molecule has 0 radical (unpaired) electrons. The molecular weight excluding hydrogens is 354 g/mol. The summed E-state index contributed by atoms with van der Waals surface area (Å²) < 4.78 is 26.9. The van der Waals surface area contributed by atoms with Gasteiger partial charge in [0.1, 0.15) is 0 Å². The molecule has 9 heteroatoms. The van der Waals surface area contributed by atoms with E-state index in [4.69, 9.17) is 5.73 Å². The predicted molar refractivity (Wildman–Crippen MR) is 103 cm³/mol. The van der Waals surface area contributed by atoms with Gasteiger partial charge in [-0.15, -0.1) is 0 Å². The quantitative estimate of drug-likeness (QED) is 0.387. The van der Waals surface area contributed by atoms with Crippen molar-refractivity contribution in [1.82, 2.24) is 14.9 Å². The van der Waals surface area contributed by atoms with Crippen molar-refractivity contribution in [1.29, 1.82) is 0 Å². The Bertz CT molecular complexity index is 589. The van der Waals surface area contributed by atoms with Gasteiger partial charge < -0.3 is 16.0 Å². The number of carbonyl (C=O) groups is 1. The van der Waals surface area contributed by atoms with Crippen LogP contribution in [0.1, 0.15) is 45.4 Å². The molecule has 1 saturated heterocycles. The molecule has 1 heterocycles. The van der Waals surface area contributed by atoms with E-state index in [1.165, 1.54) is 6.42 Å². The van der Waals surface area contributed by atoms with Gasteiger partial charge in [0, 0.05) is 32.6 Å². The first-order valence-corrected chi connectivity index (χ1v) is 11.3. The molecule has 2 fully saturated rings. The van der Waals surface area contributed by atoms with E-state index in [0.29, 0.717) is 25.4 Å². The number of piperidine rings is 1. The maximum Gasteiger partial charge on any atom is 0.217 e. The van der Waals surface area contributed by atoms with Gasteiger partial charge in [-0.2, -0.15) is 0 Å². The van der Waals surface area contributed by atoms with Crippen molar-refractivity contribution >= 4 is 21.9 Å². The van der Waals surface area contributed by atoms with Crippen LogP contribution in [-0.2, 0) is 14.8 Å². The Balaban J connectivity index is 1.85. The van der Waals surface area contributed by atoms with Gasteiger partial charge in [-0.05, 0) is 44.4 Å². The second kappa shape index (κ2) is 10.1. The number of guanidine groups is 1. The molecule has 0 aromatic carbocycles. The minimum atomic E-state index is -3.29. The van der Waals surface area contributed by atoms with Crippen LogP contribution in [0.2, 0.25) is 0 Å². The summed E-state index contributed by atoms with van der Waals surface area (Å²) in [5.74, 6) is 1.17. The number of aliphatic imine (C=N–C) groups is 1. The van der Waals surface area contributed by atoms with Gasteiger partial charge >= 0.3 is 0 Å². The summed E-state index contributed by atoms with van der Waals surface area (Å²) in [7, 11) is -3.29. The van der Waals surface area contributed by atoms with E-state index in [-0.39, 0.29) is 24.1 Å². The molecule has 150 valence electrons. The monoisotopic (exact) mass is 387 g/mol. The molecule has 8 nitrogen and oxygen atoms in total. The zero-order valence-electron chi connectivity index (χ0n) is 15.7. The van der Waals surface area contributed by atoms with E-state index in [1.807, 2.05) is 6.92 Å². The number of hydrogen-bond acceptors (Lipinski definition) is 4. The number of hydrogen-bond donors (Lipinski definition) is 3. The number of amides is 1. The highest BCUT2D eigenvalue weighted by molar-refractivity contribution is 7.89. The van der Waals surface area contributed by atoms with E-state index in [9.17, 15) is 13.2 Å². The van der Waals surface area contributed by atoms with Gasteiger partial charge in [-0.25, -0.2) is 13.1 Å². The van der Waals surface area contributed by atoms with Crippen molar-refractivity contribution in [3.8, 4) is 0 Å². The number of nitrogens with one attached hydrogen (secondary N) is 2. The molecule has 1 amide bonds. The Hall–Kier alpha value is -1.35. The SMILES string of the molecule is CCNC(=NCCS(=O)(=O)NCC1CCC1)N1CCCC(CC(N)=O)C1. The molecule has 1 aliphatic carbocycles. The molecule has 0 bridgehead atoms. The molecule has 1 saturated carbocycles. The molecule has 2 aliphatic rings. The average Bonchev–Trinajstić information content (AvgIpc) is 2.52. The molecule has 2 rings (SSSR count). The second-order valence-corrected chi connectivity index (χ2v) is 9.25. The molecule has 4 N–H and O–H groups in total. The third-order valence-electron chi connectivity index (χ3n) is 5.08. The molecule has 0 aromatic rings. The highest BCUT2D eigenvalue weighted by Crippen LogP contribution is 2.25. The Kier molecular flexibility index (Phi) is 8.15. The van der Waals surface area contributed by atoms with Crippen LogP contribution < -0.4 is 15.8 Å². The normalized spacial score (nSPS) is 22.1. The molecule has 26 heavy (non-hydrogen) atoms. The summed E-state index contributed by atoms with van der Waals surface area (Å²) >= 11 is 0. The summed E-state index contributed by atoms with van der Waals surface area (Å²) in [6, 6.07) is 0. The van der Waals surface area contributed by atoms with Gasteiger partial charge in [0.05, 0.1) is 12.3 Å². The first kappa shape index (κ1) is 21.0. The van der Waals surface area contributed by atoms with Crippen molar-refractivity contribution in [3.05, 3.63) is 0 Å². The smallest absolute Gasteiger partial charge is 0.217 e. The van der Waals surface area contributed by atoms with Gasteiger partial charge in [-0.1, -0.05) is 6.42 Å². The molecule has 0 spiro atoms. The topological polar surface area (TPSA) is 117 Å². The highest BCUT2D eigenvalue weighted by atomic mass is 32.2. The second-order valence-electron chi connectivity index (χ2n) is 7.32. The Labute approximate surface area is 157 Å². The van der Waals surface area contributed by atoms with Gasteiger partial charge in [0.2, 0.25) is 15.9 Å². The maximum atomic E-state index is 12.1. The third kappa shape index (κ3) is 7.11. The number of nitrogens with two attached hydrogens (primary N) is 1. The van der Waals surface area contributed by atoms with E-state index >= 15 is 0 Å². The molecule has 1 atom stereocenters. The van der Waals surface area contributed by atoms with Crippen LogP contribution in [-0.4, -0.2) is 63.7 Å². The maximum absolute atomic E-state index is 12.1. The number of rotatable bonds is 9. The summed E-state index contributed by atoms with van der Waals surface area (Å²) in [5, 5.41) is 3.23. The first-order chi connectivity index (χ1) is 12.4. The van der Waals surface area contributed by atoms with E-state index in [2.05, 4.69) is 19.9 Å². The highest BCUT2D eigenvalue weighted by Gasteiger charge is 2.24. The molecule has 0 aromatic heterocycles. The number of likely N-dealkylation sites (tertiary alicyclic amines) is 1. The molecular formula is C17H33N5O3S. The lowest BCUT2D eigenvalue weighted by atomic mass is 9.86. The fraction of sp³-hybridized carbons (Fsp3) is 0.882. The fourth-order valence-electron chi connectivity index (χ4n) is 3.42. The van der Waals surface area contributed by atoms with E-state index in [0.717, 1.165) is 44.7 Å². The largest absolute Gasteiger partial charge is 0.370 e. The molecule has 1 unspecified atom stereocenters. The molecule has 1 aliphatic heterocycles. The van der Waals surface area contributed by atoms with Crippen LogP contribution in [0.5, 0.6) is 0 Å². The fourth-order valence-corrected chi connectivity index (χ4v) is 4.39. The van der Waals surface area contributed by atoms with Crippen molar-refractivity contribution in [3.63, 3.8) is 0 Å². The van der Waals surface area contributed by atoms with Crippen LogP contribution in [0.4, 0.5) is 0 Å². The zero-order valence-corrected chi connectivity index (χ0v) is 16.6. The lowest BCUT2D eigenvalue weighted by Gasteiger charge is -2.34. The van der Waals surface area contributed by atoms with Gasteiger partial charge in [0.25, 0.3) is 0 Å². The van der Waals surface area contributed by atoms with Crippen LogP contribution in [0, 0.1) is 11.8 Å².